The van der Waals surface area contributed by atoms with Gasteiger partial charge in [-0.25, -0.2) is 0 Å². The van der Waals surface area contributed by atoms with Crippen molar-refractivity contribution in [2.75, 3.05) is 0 Å². The Balaban J connectivity index is 4.23. The maximum atomic E-state index is 8.47. The van der Waals surface area contributed by atoms with Gasteiger partial charge in [-0.1, -0.05) is 5.57 Å². The lowest BCUT2D eigenvalue weighted by atomic mass is 10.4. The Morgan fingerprint density at radius 3 is 2.43 bits per heavy atom. The third kappa shape index (κ3) is 4.88. The Morgan fingerprint density at radius 1 is 1.50 bits per heavy atom. The minimum Gasteiger partial charge on any atom is -0.445 e. The van der Waals surface area contributed by atoms with E-state index in [0.717, 1.165) is 24.1 Å². The minimum absolute atomic E-state index is 0.598. The molecule has 0 fully saturated rings. The zero-order chi connectivity index (χ0) is 11.0. The van der Waals surface area contributed by atoms with E-state index in [-0.39, 0.29) is 0 Å². The van der Waals surface area contributed by atoms with Crippen LogP contribution in [0.15, 0.2) is 12.2 Å². The average molecular weight is 246 g/mol. The van der Waals surface area contributed by atoms with E-state index < -0.39 is 8.56 Å². The number of hydrogen-bond donors (Lipinski definition) is 0. The standard InChI is InChI=1S/C8H19NO2Si3/c1-8(2)7-14(10-12,11-13)6-4-3-5-9/h1,3-4,6-7H2,2,12-13H3. The number of nitrogens with zero attached hydrogens (tertiary/aromatic N) is 1. The molecule has 0 atom stereocenters. The molecule has 0 unspecified atom stereocenters. The molecule has 14 heavy (non-hydrogen) atoms. The maximum absolute atomic E-state index is 8.47. The second kappa shape index (κ2) is 7.14. The lowest BCUT2D eigenvalue weighted by Gasteiger charge is -2.28. The van der Waals surface area contributed by atoms with Crippen LogP contribution in [0.2, 0.25) is 12.1 Å². The highest BCUT2D eigenvalue weighted by Gasteiger charge is 2.33. The summed E-state index contributed by atoms with van der Waals surface area (Å²) in [5, 5.41) is 8.47. The van der Waals surface area contributed by atoms with Crippen LogP contribution in [-0.2, 0) is 8.23 Å². The van der Waals surface area contributed by atoms with Gasteiger partial charge in [0.1, 0.15) is 21.0 Å². The predicted molar refractivity (Wildman–Crippen MR) is 67.1 cm³/mol. The lowest BCUT2D eigenvalue weighted by Crippen LogP contribution is -2.40. The van der Waals surface area contributed by atoms with Crippen LogP contribution in [0, 0.1) is 11.3 Å². The largest absolute Gasteiger partial charge is 0.445 e. The third-order valence-corrected chi connectivity index (χ3v) is 10.4. The van der Waals surface area contributed by atoms with E-state index in [4.69, 9.17) is 13.5 Å². The Morgan fingerprint density at radius 2 is 2.07 bits per heavy atom. The van der Waals surface area contributed by atoms with Gasteiger partial charge in [0.05, 0.1) is 6.07 Å². The fraction of sp³-hybridized carbons (Fsp3) is 0.625. The second-order valence-electron chi connectivity index (χ2n) is 3.46. The van der Waals surface area contributed by atoms with E-state index in [1.807, 2.05) is 6.92 Å². The molecule has 0 saturated heterocycles. The molecule has 0 aliphatic carbocycles. The lowest BCUT2D eigenvalue weighted by molar-refractivity contribution is 0.420. The second-order valence-corrected chi connectivity index (χ2v) is 9.41. The first kappa shape index (κ1) is 13.8. The molecule has 0 saturated carbocycles. The summed E-state index contributed by atoms with van der Waals surface area (Å²) in [7, 11) is -0.542. The van der Waals surface area contributed by atoms with E-state index in [2.05, 4.69) is 12.6 Å². The normalized spacial score (nSPS) is 14.9. The van der Waals surface area contributed by atoms with Crippen LogP contribution in [0.5, 0.6) is 0 Å². The summed E-state index contributed by atoms with van der Waals surface area (Å²) in [6.45, 7) is 5.91. The number of rotatable bonds is 7. The molecule has 0 aromatic heterocycles. The molecular formula is C8H19NO2Si3. The molecule has 0 aliphatic heterocycles. The SMILES string of the molecule is C=C(C)C[Si](CCCC#N)(O[SiH3])O[SiH3]. The topological polar surface area (TPSA) is 42.2 Å². The van der Waals surface area contributed by atoms with Gasteiger partial charge in [-0.05, 0) is 19.4 Å². The van der Waals surface area contributed by atoms with Crippen LogP contribution < -0.4 is 0 Å². The molecule has 0 aromatic carbocycles. The van der Waals surface area contributed by atoms with E-state index >= 15 is 0 Å². The first-order valence-corrected chi connectivity index (χ1v) is 8.58. The molecule has 0 aliphatic rings. The van der Waals surface area contributed by atoms with Crippen LogP contribution in [0.1, 0.15) is 19.8 Å². The van der Waals surface area contributed by atoms with Crippen molar-refractivity contribution in [2.24, 2.45) is 0 Å². The highest BCUT2D eigenvalue weighted by Crippen LogP contribution is 2.23. The van der Waals surface area contributed by atoms with Crippen molar-refractivity contribution < 1.29 is 8.23 Å². The molecular weight excluding hydrogens is 226 g/mol. The molecule has 0 rings (SSSR count). The quantitative estimate of drug-likeness (QED) is 0.357. The van der Waals surface area contributed by atoms with Crippen LogP contribution >= 0.6 is 0 Å². The molecule has 6 heteroatoms. The summed E-state index contributed by atoms with van der Waals surface area (Å²) in [4.78, 5) is 0. The van der Waals surface area contributed by atoms with Gasteiger partial charge in [-0.15, -0.1) is 6.58 Å². The monoisotopic (exact) mass is 245 g/mol. The van der Waals surface area contributed by atoms with Crippen molar-refractivity contribution in [2.45, 2.75) is 31.9 Å². The molecule has 0 spiro atoms. The van der Waals surface area contributed by atoms with Crippen LogP contribution in [0.4, 0.5) is 0 Å². The average Bonchev–Trinajstić information content (AvgIpc) is 2.16. The summed E-state index contributed by atoms with van der Waals surface area (Å²) < 4.78 is 11.3. The third-order valence-electron chi connectivity index (χ3n) is 2.16. The van der Waals surface area contributed by atoms with Gasteiger partial charge in [0.15, 0.2) is 0 Å². The Kier molecular flexibility index (Phi) is 7.04. The van der Waals surface area contributed by atoms with Crippen molar-refractivity contribution in [3.05, 3.63) is 12.2 Å². The highest BCUT2D eigenvalue weighted by molar-refractivity contribution is 6.73. The molecule has 3 nitrogen and oxygen atoms in total. The van der Waals surface area contributed by atoms with Gasteiger partial charge in [0.2, 0.25) is 0 Å². The predicted octanol–water partition coefficient (Wildman–Crippen LogP) is -0.0975. The fourth-order valence-electron chi connectivity index (χ4n) is 1.42. The van der Waals surface area contributed by atoms with Crippen molar-refractivity contribution in [1.29, 1.82) is 5.26 Å². The van der Waals surface area contributed by atoms with Gasteiger partial charge in [0, 0.05) is 12.5 Å². The molecule has 0 N–H and O–H groups in total. The van der Waals surface area contributed by atoms with Gasteiger partial charge >= 0.3 is 8.56 Å². The zero-order valence-electron chi connectivity index (χ0n) is 9.30. The summed E-state index contributed by atoms with van der Waals surface area (Å²) in [5.41, 5.74) is 1.13. The fourth-order valence-corrected chi connectivity index (χ4v) is 8.18. The van der Waals surface area contributed by atoms with Gasteiger partial charge in [-0.2, -0.15) is 5.26 Å². The van der Waals surface area contributed by atoms with Crippen molar-refractivity contribution in [3.63, 3.8) is 0 Å². The summed E-state index contributed by atoms with van der Waals surface area (Å²) in [6.07, 6.45) is 1.49. The van der Waals surface area contributed by atoms with Gasteiger partial charge in [0.25, 0.3) is 0 Å². The van der Waals surface area contributed by atoms with Gasteiger partial charge in [-0.3, -0.25) is 0 Å². The molecule has 80 valence electrons. The van der Waals surface area contributed by atoms with Crippen LogP contribution in [0.3, 0.4) is 0 Å². The highest BCUT2D eigenvalue weighted by atomic mass is 28.4. The van der Waals surface area contributed by atoms with E-state index in [1.165, 1.54) is 0 Å². The summed E-state index contributed by atoms with van der Waals surface area (Å²) >= 11 is 0. The molecule has 0 radical (unpaired) electrons. The number of nitriles is 1. The molecule has 0 amide bonds. The number of unbranched alkanes of at least 4 members (excludes halogenated alkanes) is 1. The molecule has 0 aromatic rings. The zero-order valence-corrected chi connectivity index (χ0v) is 14.3. The minimum atomic E-state index is -1.97. The molecule has 0 heterocycles. The maximum Gasteiger partial charge on any atom is 0.320 e. The van der Waals surface area contributed by atoms with Gasteiger partial charge < -0.3 is 8.23 Å². The first-order chi connectivity index (χ1) is 6.60. The van der Waals surface area contributed by atoms with E-state index in [9.17, 15) is 0 Å². The van der Waals surface area contributed by atoms with Crippen molar-refractivity contribution in [1.82, 2.24) is 0 Å². The first-order valence-electron chi connectivity index (χ1n) is 4.72. The summed E-state index contributed by atoms with van der Waals surface area (Å²) in [5.74, 6) is 0. The van der Waals surface area contributed by atoms with E-state index in [0.29, 0.717) is 27.4 Å². The van der Waals surface area contributed by atoms with Crippen LogP contribution in [0.25, 0.3) is 0 Å². The number of hydrogen-bond acceptors (Lipinski definition) is 3. The molecule has 0 bridgehead atoms. The van der Waals surface area contributed by atoms with Crippen molar-refractivity contribution in [3.8, 4) is 6.07 Å². The number of allylic oxidation sites excluding steroid dienone is 1. The van der Waals surface area contributed by atoms with Crippen LogP contribution in [-0.4, -0.2) is 29.5 Å². The Labute approximate surface area is 93.4 Å². The summed E-state index contributed by atoms with van der Waals surface area (Å²) in [6, 6.07) is 3.96. The smallest absolute Gasteiger partial charge is 0.320 e. The van der Waals surface area contributed by atoms with E-state index in [1.54, 1.807) is 0 Å². The Bertz CT molecular complexity index is 223. The Hall–Kier alpha value is -0.199. The van der Waals surface area contributed by atoms with Crippen molar-refractivity contribution >= 4 is 29.5 Å².